The van der Waals surface area contributed by atoms with E-state index >= 15 is 0 Å². The minimum atomic E-state index is -4.77. The van der Waals surface area contributed by atoms with E-state index in [0.29, 0.717) is 0 Å². The molecule has 1 saturated heterocycles. The van der Waals surface area contributed by atoms with Gasteiger partial charge in [-0.05, 0) is 28.4 Å². The van der Waals surface area contributed by atoms with Gasteiger partial charge in [0.2, 0.25) is 0 Å². The van der Waals surface area contributed by atoms with Gasteiger partial charge in [-0.25, -0.2) is 9.78 Å². The van der Waals surface area contributed by atoms with Gasteiger partial charge in [-0.2, -0.15) is 18.4 Å². The van der Waals surface area contributed by atoms with Crippen LogP contribution in [0.3, 0.4) is 0 Å². The van der Waals surface area contributed by atoms with Gasteiger partial charge in [0.25, 0.3) is 8.32 Å². The van der Waals surface area contributed by atoms with Crippen LogP contribution in [0.1, 0.15) is 37.6 Å². The molecule has 1 aliphatic heterocycles. The third-order valence-corrected chi connectivity index (χ3v) is 12.2. The number of rotatable bonds is 7. The van der Waals surface area contributed by atoms with Crippen molar-refractivity contribution in [1.29, 1.82) is 5.26 Å². The fourth-order valence-electron chi connectivity index (χ4n) is 5.47. The first-order chi connectivity index (χ1) is 18.3. The number of carboxylic acid groups (broad SMARTS) is 1. The zero-order valence-electron chi connectivity index (χ0n) is 22.2. The quantitative estimate of drug-likeness (QED) is 0.425. The summed E-state index contributed by atoms with van der Waals surface area (Å²) in [4.78, 5) is 17.8. The maximum absolute atomic E-state index is 13.7. The average molecular weight is 554 g/mol. The van der Waals surface area contributed by atoms with Crippen molar-refractivity contribution in [2.75, 3.05) is 18.1 Å². The molecule has 4 rings (SSSR count). The molecule has 0 amide bonds. The number of carboxylic acids is 1. The summed E-state index contributed by atoms with van der Waals surface area (Å²) >= 11 is 0. The maximum atomic E-state index is 13.7. The van der Waals surface area contributed by atoms with Crippen molar-refractivity contribution in [3.63, 3.8) is 0 Å². The molecule has 1 aliphatic rings. The Morgan fingerprint density at radius 2 is 1.64 bits per heavy atom. The maximum Gasteiger partial charge on any atom is 0.417 e. The first kappa shape index (κ1) is 28.3. The van der Waals surface area contributed by atoms with Crippen molar-refractivity contribution in [3.8, 4) is 6.07 Å². The molecule has 204 valence electrons. The monoisotopic (exact) mass is 553 g/mol. The SMILES string of the molecule is Cc1cc(C(F)(F)F)c(C#N)c(N2C[C@@H](CO[Si](c3ccccc3)(c3ccccc3)C(C)(C)C)[C@H]2C(=O)O)n1. The molecule has 0 unspecified atom stereocenters. The highest BCUT2D eigenvalue weighted by Crippen LogP contribution is 2.41. The Morgan fingerprint density at radius 3 is 2.08 bits per heavy atom. The summed E-state index contributed by atoms with van der Waals surface area (Å²) < 4.78 is 47.9. The van der Waals surface area contributed by atoms with Crippen molar-refractivity contribution in [2.45, 2.75) is 45.0 Å². The van der Waals surface area contributed by atoms with Crippen LogP contribution in [0.2, 0.25) is 5.04 Å². The minimum absolute atomic E-state index is 0.0486. The molecule has 2 aromatic carbocycles. The highest BCUT2D eigenvalue weighted by molar-refractivity contribution is 6.99. The number of aliphatic carboxylic acids is 1. The number of aromatic nitrogens is 1. The van der Waals surface area contributed by atoms with E-state index < -0.39 is 43.5 Å². The second-order valence-electron chi connectivity index (χ2n) is 10.8. The Hall–Kier alpha value is -3.68. The first-order valence-electron chi connectivity index (χ1n) is 12.5. The van der Waals surface area contributed by atoms with E-state index in [4.69, 9.17) is 4.43 Å². The lowest BCUT2D eigenvalue weighted by Gasteiger charge is -2.49. The van der Waals surface area contributed by atoms with Gasteiger partial charge in [0.05, 0.1) is 5.56 Å². The number of nitriles is 1. The summed E-state index contributed by atoms with van der Waals surface area (Å²) in [5, 5.41) is 21.4. The predicted molar refractivity (Wildman–Crippen MR) is 145 cm³/mol. The lowest BCUT2D eigenvalue weighted by atomic mass is 9.88. The molecule has 6 nitrogen and oxygen atoms in total. The van der Waals surface area contributed by atoms with E-state index in [0.717, 1.165) is 16.4 Å². The average Bonchev–Trinajstić information content (AvgIpc) is 2.85. The molecule has 0 saturated carbocycles. The lowest BCUT2D eigenvalue weighted by Crippen LogP contribution is -2.69. The third kappa shape index (κ3) is 5.16. The van der Waals surface area contributed by atoms with Gasteiger partial charge in [0.1, 0.15) is 23.5 Å². The molecule has 3 aromatic rings. The molecule has 1 N–H and O–H groups in total. The molecule has 2 atom stereocenters. The van der Waals surface area contributed by atoms with Crippen molar-refractivity contribution in [3.05, 3.63) is 83.6 Å². The molecule has 39 heavy (non-hydrogen) atoms. The second kappa shape index (κ2) is 10.5. The Labute approximate surface area is 226 Å². The summed E-state index contributed by atoms with van der Waals surface area (Å²) in [6.07, 6.45) is -4.77. The number of nitrogens with zero attached hydrogens (tertiary/aromatic N) is 3. The van der Waals surface area contributed by atoms with Crippen LogP contribution in [0.25, 0.3) is 0 Å². The van der Waals surface area contributed by atoms with Crippen LogP contribution in [-0.2, 0) is 15.4 Å². The summed E-state index contributed by atoms with van der Waals surface area (Å²) in [5.74, 6) is -2.00. The minimum Gasteiger partial charge on any atom is -0.480 e. The van der Waals surface area contributed by atoms with E-state index in [1.807, 2.05) is 60.7 Å². The number of carbonyl (C=O) groups is 1. The van der Waals surface area contributed by atoms with Gasteiger partial charge >= 0.3 is 12.1 Å². The topological polar surface area (TPSA) is 86.5 Å². The van der Waals surface area contributed by atoms with Gasteiger partial charge < -0.3 is 14.4 Å². The van der Waals surface area contributed by atoms with Crippen LogP contribution in [0.5, 0.6) is 0 Å². The fourth-order valence-corrected chi connectivity index (χ4v) is 10.1. The zero-order valence-corrected chi connectivity index (χ0v) is 23.2. The van der Waals surface area contributed by atoms with E-state index in [-0.39, 0.29) is 29.7 Å². The normalized spacial score (nSPS) is 17.8. The summed E-state index contributed by atoms with van der Waals surface area (Å²) in [5.41, 5.74) is -1.75. The number of anilines is 1. The molecule has 0 spiro atoms. The highest BCUT2D eigenvalue weighted by atomic mass is 28.4. The van der Waals surface area contributed by atoms with Gasteiger partial charge in [-0.15, -0.1) is 0 Å². The van der Waals surface area contributed by atoms with Crippen LogP contribution in [0.4, 0.5) is 19.0 Å². The smallest absolute Gasteiger partial charge is 0.417 e. The van der Waals surface area contributed by atoms with E-state index in [1.165, 1.54) is 11.8 Å². The van der Waals surface area contributed by atoms with Gasteiger partial charge in [-0.1, -0.05) is 81.4 Å². The Balaban J connectivity index is 1.71. The van der Waals surface area contributed by atoms with Crippen LogP contribution in [0, 0.1) is 24.2 Å². The second-order valence-corrected chi connectivity index (χ2v) is 15.1. The van der Waals surface area contributed by atoms with Gasteiger partial charge in [-0.3, -0.25) is 0 Å². The fraction of sp³-hybridized carbons (Fsp3) is 0.345. The number of hydrogen-bond acceptors (Lipinski definition) is 5. The summed E-state index contributed by atoms with van der Waals surface area (Å²) in [6, 6.07) is 21.0. The molecule has 1 aromatic heterocycles. The van der Waals surface area contributed by atoms with Gasteiger partial charge in [0, 0.05) is 24.8 Å². The van der Waals surface area contributed by atoms with Crippen molar-refractivity contribution >= 4 is 30.5 Å². The lowest BCUT2D eigenvalue weighted by molar-refractivity contribution is -0.142. The summed E-state index contributed by atoms with van der Waals surface area (Å²) in [6.45, 7) is 7.89. The Morgan fingerprint density at radius 1 is 1.10 bits per heavy atom. The Kier molecular flexibility index (Phi) is 7.61. The molecule has 0 radical (unpaired) electrons. The first-order valence-corrected chi connectivity index (χ1v) is 14.5. The molecule has 0 aliphatic carbocycles. The van der Waals surface area contributed by atoms with E-state index in [2.05, 4.69) is 25.8 Å². The molecule has 10 heteroatoms. The van der Waals surface area contributed by atoms with Crippen LogP contribution in [-0.4, -0.2) is 43.6 Å². The van der Waals surface area contributed by atoms with Gasteiger partial charge in [0.15, 0.2) is 0 Å². The molecule has 2 heterocycles. The number of hydrogen-bond donors (Lipinski definition) is 1. The molecule has 0 bridgehead atoms. The van der Waals surface area contributed by atoms with Crippen molar-refractivity contribution < 1.29 is 27.5 Å². The van der Waals surface area contributed by atoms with Crippen LogP contribution in [0.15, 0.2) is 66.7 Å². The molecule has 1 fully saturated rings. The van der Waals surface area contributed by atoms with E-state index in [9.17, 15) is 28.3 Å². The largest absolute Gasteiger partial charge is 0.480 e. The number of pyridine rings is 1. The van der Waals surface area contributed by atoms with Crippen molar-refractivity contribution in [1.82, 2.24) is 4.98 Å². The third-order valence-electron chi connectivity index (χ3n) is 7.21. The standard InChI is InChI=1S/C29H30F3N3O3Si/c1-19-15-24(29(30,31)32)23(16-33)26(34-19)35-17-20(25(35)27(36)37)18-38-39(28(2,3)4,21-11-7-5-8-12-21)22-13-9-6-10-14-22/h5-15,20,25H,17-18H2,1-4H3,(H,36,37)/t20-,25-/m0/s1. The van der Waals surface area contributed by atoms with Crippen molar-refractivity contribution in [2.24, 2.45) is 5.92 Å². The van der Waals surface area contributed by atoms with E-state index in [1.54, 1.807) is 6.07 Å². The number of halogens is 3. The number of alkyl halides is 3. The number of aryl methyl sites for hydroxylation is 1. The predicted octanol–water partition coefficient (Wildman–Crippen LogP) is 4.75. The zero-order chi connectivity index (χ0) is 28.6. The molecular formula is C29H30F3N3O3Si. The van der Waals surface area contributed by atoms with Crippen LogP contribution >= 0.6 is 0 Å². The number of benzene rings is 2. The molecular weight excluding hydrogens is 523 g/mol. The van der Waals surface area contributed by atoms with Crippen LogP contribution < -0.4 is 15.3 Å². The highest BCUT2D eigenvalue weighted by Gasteiger charge is 2.53. The summed E-state index contributed by atoms with van der Waals surface area (Å²) in [7, 11) is -2.95. The Bertz CT molecular complexity index is 1350.